The van der Waals surface area contributed by atoms with Gasteiger partial charge in [-0.3, -0.25) is 5.10 Å². The summed E-state index contributed by atoms with van der Waals surface area (Å²) in [6.07, 6.45) is 3.97. The van der Waals surface area contributed by atoms with Crippen LogP contribution in [0.25, 0.3) is 21.8 Å². The molecule has 1 aliphatic rings. The summed E-state index contributed by atoms with van der Waals surface area (Å²) in [4.78, 5) is 8.86. The van der Waals surface area contributed by atoms with Crippen LogP contribution >= 0.6 is 0 Å². The number of ether oxygens (including phenoxy) is 1. The average molecular weight is 423 g/mol. The van der Waals surface area contributed by atoms with Crippen molar-refractivity contribution in [3.8, 4) is 5.75 Å². The summed E-state index contributed by atoms with van der Waals surface area (Å²) in [6.45, 7) is -0.139. The van der Waals surface area contributed by atoms with Crippen LogP contribution in [0.5, 0.6) is 5.75 Å². The zero-order chi connectivity index (χ0) is 21.4. The molecular weight excluding hydrogens is 401 g/mol. The highest BCUT2D eigenvalue weighted by Crippen LogP contribution is 2.31. The molecular formula is C22H22FN5O3. The molecule has 0 unspecified atom stereocenters. The van der Waals surface area contributed by atoms with Gasteiger partial charge in [0.1, 0.15) is 17.1 Å². The molecule has 2 heterocycles. The molecule has 1 aliphatic carbocycles. The van der Waals surface area contributed by atoms with Crippen LogP contribution in [0.3, 0.4) is 0 Å². The Morgan fingerprint density at radius 2 is 2.00 bits per heavy atom. The molecule has 4 aromatic rings. The highest BCUT2D eigenvalue weighted by molar-refractivity contribution is 5.87. The monoisotopic (exact) mass is 423 g/mol. The minimum Gasteiger partial charge on any atom is -0.488 e. The van der Waals surface area contributed by atoms with Crippen molar-refractivity contribution < 1.29 is 19.3 Å². The van der Waals surface area contributed by atoms with E-state index in [2.05, 4.69) is 25.5 Å². The van der Waals surface area contributed by atoms with E-state index in [4.69, 9.17) is 4.74 Å². The fraction of sp³-hybridized carbons (Fsp3) is 0.318. The number of anilines is 2. The van der Waals surface area contributed by atoms with E-state index in [1.807, 2.05) is 18.2 Å². The number of aliphatic hydroxyl groups is 2. The van der Waals surface area contributed by atoms with E-state index < -0.39 is 5.82 Å². The lowest BCUT2D eigenvalue weighted by molar-refractivity contribution is 0.0671. The number of nitrogens with zero attached hydrogens (tertiary/aromatic N) is 3. The Balaban J connectivity index is 1.44. The number of hydrogen-bond donors (Lipinski definition) is 4. The lowest BCUT2D eigenvalue weighted by Gasteiger charge is -2.26. The van der Waals surface area contributed by atoms with E-state index in [0.29, 0.717) is 41.1 Å². The van der Waals surface area contributed by atoms with Gasteiger partial charge in [0.2, 0.25) is 5.95 Å². The number of benzene rings is 2. The van der Waals surface area contributed by atoms with Crippen molar-refractivity contribution in [1.29, 1.82) is 0 Å². The molecule has 0 radical (unpaired) electrons. The van der Waals surface area contributed by atoms with E-state index in [1.165, 1.54) is 12.1 Å². The summed E-state index contributed by atoms with van der Waals surface area (Å²) in [7, 11) is 0. The van der Waals surface area contributed by atoms with Gasteiger partial charge >= 0.3 is 0 Å². The Bertz CT molecular complexity index is 1240. The third kappa shape index (κ3) is 4.01. The van der Waals surface area contributed by atoms with Crippen LogP contribution < -0.4 is 10.1 Å². The van der Waals surface area contributed by atoms with Gasteiger partial charge in [-0.15, -0.1) is 0 Å². The van der Waals surface area contributed by atoms with Crippen LogP contribution in [0.15, 0.2) is 36.5 Å². The van der Waals surface area contributed by atoms with Gasteiger partial charge in [-0.25, -0.2) is 14.4 Å². The molecule has 0 saturated heterocycles. The summed E-state index contributed by atoms with van der Waals surface area (Å²) in [5.41, 5.74) is 2.63. The molecule has 2 aromatic heterocycles. The van der Waals surface area contributed by atoms with Crippen LogP contribution in [-0.4, -0.2) is 42.6 Å². The van der Waals surface area contributed by atoms with Crippen molar-refractivity contribution in [2.24, 2.45) is 0 Å². The highest BCUT2D eigenvalue weighted by atomic mass is 19.1. The Morgan fingerprint density at radius 3 is 2.81 bits per heavy atom. The maximum Gasteiger partial charge on any atom is 0.227 e. The molecule has 5 rings (SSSR count). The van der Waals surface area contributed by atoms with Crippen LogP contribution in [0.1, 0.15) is 31.4 Å². The number of nitrogens with one attached hydrogen (secondary N) is 2. The highest BCUT2D eigenvalue weighted by Gasteiger charge is 2.22. The number of rotatable bonds is 5. The summed E-state index contributed by atoms with van der Waals surface area (Å²) in [5.74, 6) is 0.315. The van der Waals surface area contributed by atoms with E-state index >= 15 is 0 Å². The van der Waals surface area contributed by atoms with Gasteiger partial charge in [0, 0.05) is 28.7 Å². The van der Waals surface area contributed by atoms with Crippen LogP contribution in [0, 0.1) is 5.82 Å². The number of hydrogen-bond acceptors (Lipinski definition) is 7. The first-order valence-corrected chi connectivity index (χ1v) is 10.2. The second kappa shape index (κ2) is 8.09. The fourth-order valence-electron chi connectivity index (χ4n) is 3.97. The van der Waals surface area contributed by atoms with Crippen molar-refractivity contribution in [1.82, 2.24) is 20.2 Å². The van der Waals surface area contributed by atoms with Gasteiger partial charge in [0.15, 0.2) is 0 Å². The molecule has 2 aromatic carbocycles. The fourth-order valence-corrected chi connectivity index (χ4v) is 3.97. The van der Waals surface area contributed by atoms with Gasteiger partial charge in [-0.1, -0.05) is 0 Å². The summed E-state index contributed by atoms with van der Waals surface area (Å²) in [6, 6.07) is 8.28. The average Bonchev–Trinajstić information content (AvgIpc) is 3.18. The van der Waals surface area contributed by atoms with Crippen LogP contribution in [0.2, 0.25) is 0 Å². The zero-order valence-electron chi connectivity index (χ0n) is 16.7. The number of aromatic nitrogens is 4. The van der Waals surface area contributed by atoms with Crippen molar-refractivity contribution in [3.63, 3.8) is 0 Å². The van der Waals surface area contributed by atoms with E-state index in [-0.39, 0.29) is 18.8 Å². The van der Waals surface area contributed by atoms with E-state index in [9.17, 15) is 14.6 Å². The zero-order valence-corrected chi connectivity index (χ0v) is 16.7. The lowest BCUT2D eigenvalue weighted by Crippen LogP contribution is -2.26. The molecule has 8 nitrogen and oxygen atoms in total. The van der Waals surface area contributed by atoms with Gasteiger partial charge in [0.05, 0.1) is 30.0 Å². The topological polar surface area (TPSA) is 116 Å². The smallest absolute Gasteiger partial charge is 0.227 e. The molecule has 1 saturated carbocycles. The molecule has 9 heteroatoms. The molecule has 0 bridgehead atoms. The number of fused-ring (bicyclic) bond motifs is 2. The number of aliphatic hydroxyl groups excluding tert-OH is 2. The van der Waals surface area contributed by atoms with Gasteiger partial charge in [-0.2, -0.15) is 5.10 Å². The molecule has 0 spiro atoms. The summed E-state index contributed by atoms with van der Waals surface area (Å²) in [5, 5.41) is 30.6. The first-order valence-electron chi connectivity index (χ1n) is 10.2. The van der Waals surface area contributed by atoms with Crippen LogP contribution in [0.4, 0.5) is 16.0 Å². The second-order valence-corrected chi connectivity index (χ2v) is 7.80. The normalized spacial score (nSPS) is 19.1. The van der Waals surface area contributed by atoms with Crippen LogP contribution in [-0.2, 0) is 6.61 Å². The van der Waals surface area contributed by atoms with Crippen molar-refractivity contribution in [2.45, 2.75) is 44.5 Å². The quantitative estimate of drug-likeness (QED) is 0.388. The molecule has 1 fully saturated rings. The Morgan fingerprint density at radius 1 is 1.16 bits per heavy atom. The van der Waals surface area contributed by atoms with Crippen molar-refractivity contribution >= 4 is 33.4 Å². The van der Waals surface area contributed by atoms with Gasteiger partial charge < -0.3 is 20.3 Å². The van der Waals surface area contributed by atoms with Crippen molar-refractivity contribution in [2.75, 3.05) is 5.32 Å². The Hall–Kier alpha value is -3.30. The molecule has 160 valence electrons. The minimum absolute atomic E-state index is 0.0803. The maximum absolute atomic E-state index is 14.1. The Labute approximate surface area is 177 Å². The largest absolute Gasteiger partial charge is 0.488 e. The number of halogens is 1. The minimum atomic E-state index is -0.410. The predicted octanol–water partition coefficient (Wildman–Crippen LogP) is 3.56. The van der Waals surface area contributed by atoms with E-state index in [1.54, 1.807) is 6.20 Å². The molecule has 0 amide bonds. The maximum atomic E-state index is 14.1. The number of H-pyrrole nitrogens is 1. The SMILES string of the molecule is OCc1n[nH]c2cc(Nc3ncc4cc(F)cc(O[C@H]5CC[C@@H](O)CC5)c4n3)ccc12. The van der Waals surface area contributed by atoms with Gasteiger partial charge in [-0.05, 0) is 49.9 Å². The standard InChI is InChI=1S/C22H22FN5O3/c23-13-7-12-10-24-22(25-14-1-6-17-18(9-14)27-28-19(17)11-29)26-21(12)20(8-13)31-16-4-2-15(30)3-5-16/h1,6-10,15-16,29-30H,2-5,11H2,(H,27,28)(H,24,25,26)/t15-,16+. The summed E-state index contributed by atoms with van der Waals surface area (Å²) >= 11 is 0. The molecule has 0 atom stereocenters. The first-order chi connectivity index (χ1) is 15.1. The first kappa shape index (κ1) is 19.7. The molecule has 31 heavy (non-hydrogen) atoms. The third-order valence-electron chi connectivity index (χ3n) is 5.60. The predicted molar refractivity (Wildman–Crippen MR) is 114 cm³/mol. The van der Waals surface area contributed by atoms with Crippen molar-refractivity contribution in [3.05, 3.63) is 48.0 Å². The van der Waals surface area contributed by atoms with E-state index in [0.717, 1.165) is 29.4 Å². The molecule has 0 aliphatic heterocycles. The number of aromatic amines is 1. The second-order valence-electron chi connectivity index (χ2n) is 7.80. The Kier molecular flexibility index (Phi) is 5.13. The molecule has 4 N–H and O–H groups in total. The lowest BCUT2D eigenvalue weighted by atomic mass is 9.95. The summed E-state index contributed by atoms with van der Waals surface area (Å²) < 4.78 is 20.2. The van der Waals surface area contributed by atoms with Gasteiger partial charge in [0.25, 0.3) is 0 Å². The third-order valence-corrected chi connectivity index (χ3v) is 5.60.